The molecule has 3 N–H and O–H groups in total. The summed E-state index contributed by atoms with van der Waals surface area (Å²) >= 11 is 0. The van der Waals surface area contributed by atoms with Gasteiger partial charge in [0, 0.05) is 26.9 Å². The van der Waals surface area contributed by atoms with Gasteiger partial charge in [0.1, 0.15) is 0 Å². The Morgan fingerprint density at radius 2 is 2.19 bits per heavy atom. The average molecular weight is 316 g/mol. The minimum atomic E-state index is -3.89. The summed E-state index contributed by atoms with van der Waals surface area (Å²) in [6, 6.07) is 2.29. The molecule has 0 bridgehead atoms. The van der Waals surface area contributed by atoms with Crippen LogP contribution in [0.2, 0.25) is 0 Å². The number of carbonyl (C=O) groups excluding carboxylic acids is 1. The van der Waals surface area contributed by atoms with Crippen LogP contribution in [0.1, 0.15) is 6.92 Å². The second-order valence-corrected chi connectivity index (χ2v) is 5.86. The van der Waals surface area contributed by atoms with Crippen LogP contribution in [0.3, 0.4) is 0 Å². The molecule has 0 saturated carbocycles. The summed E-state index contributed by atoms with van der Waals surface area (Å²) in [5.41, 5.74) is 0.358. The molecule has 1 rings (SSSR count). The van der Waals surface area contributed by atoms with E-state index in [2.05, 4.69) is 20.3 Å². The summed E-state index contributed by atoms with van der Waals surface area (Å²) < 4.78 is 31.6. The number of amides is 1. The third-order valence-corrected chi connectivity index (χ3v) is 4.12. The highest BCUT2D eigenvalue weighted by Gasteiger charge is 2.25. The van der Waals surface area contributed by atoms with E-state index in [9.17, 15) is 13.2 Å². The third kappa shape index (κ3) is 4.96. The first kappa shape index (κ1) is 17.3. The van der Waals surface area contributed by atoms with Gasteiger partial charge in [0.25, 0.3) is 10.0 Å². The number of ether oxygens (including phenoxy) is 1. The van der Waals surface area contributed by atoms with E-state index < -0.39 is 22.0 Å². The maximum absolute atomic E-state index is 12.2. The van der Waals surface area contributed by atoms with E-state index >= 15 is 0 Å². The van der Waals surface area contributed by atoms with Crippen LogP contribution in [0.5, 0.6) is 0 Å². The minimum Gasteiger partial charge on any atom is -0.386 e. The molecule has 0 fully saturated rings. The van der Waals surface area contributed by atoms with E-state index in [1.807, 2.05) is 0 Å². The number of rotatable bonds is 8. The van der Waals surface area contributed by atoms with Crippen molar-refractivity contribution < 1.29 is 17.9 Å². The first-order valence-electron chi connectivity index (χ1n) is 6.34. The van der Waals surface area contributed by atoms with Crippen molar-refractivity contribution in [3.63, 3.8) is 0 Å². The highest BCUT2D eigenvalue weighted by Crippen LogP contribution is 2.17. The lowest BCUT2D eigenvalue weighted by Crippen LogP contribution is -2.45. The number of sulfonamides is 1. The van der Waals surface area contributed by atoms with Crippen molar-refractivity contribution >= 4 is 21.6 Å². The van der Waals surface area contributed by atoms with Gasteiger partial charge in [0.2, 0.25) is 5.91 Å². The maximum Gasteiger partial charge on any atom is 0.260 e. The van der Waals surface area contributed by atoms with Crippen molar-refractivity contribution in [3.8, 4) is 0 Å². The molecule has 0 saturated heterocycles. The number of carbonyl (C=O) groups is 1. The number of hydrogen-bond donors (Lipinski definition) is 3. The van der Waals surface area contributed by atoms with Crippen LogP contribution < -0.4 is 15.4 Å². The van der Waals surface area contributed by atoms with Crippen molar-refractivity contribution in [2.24, 2.45) is 0 Å². The van der Waals surface area contributed by atoms with Gasteiger partial charge in [-0.3, -0.25) is 4.79 Å². The van der Waals surface area contributed by atoms with Crippen LogP contribution in [0.25, 0.3) is 0 Å². The SMILES string of the molecule is CNc1cccnc1S(=O)(=O)NC(C)C(=O)NCCOC. The highest BCUT2D eigenvalue weighted by molar-refractivity contribution is 7.89. The fourth-order valence-electron chi connectivity index (χ4n) is 1.57. The molecule has 9 heteroatoms. The number of nitrogens with zero attached hydrogens (tertiary/aromatic N) is 1. The number of hydrogen-bond acceptors (Lipinski definition) is 6. The summed E-state index contributed by atoms with van der Waals surface area (Å²) in [5, 5.41) is 5.16. The lowest BCUT2D eigenvalue weighted by Gasteiger charge is -2.15. The van der Waals surface area contributed by atoms with E-state index in [0.29, 0.717) is 18.8 Å². The molecule has 1 amide bonds. The molecule has 1 aromatic heterocycles. The quantitative estimate of drug-likeness (QED) is 0.561. The van der Waals surface area contributed by atoms with Gasteiger partial charge >= 0.3 is 0 Å². The van der Waals surface area contributed by atoms with Crippen LogP contribution >= 0.6 is 0 Å². The standard InChI is InChI=1S/C12H20N4O4S/c1-9(11(17)14-7-8-20-3)16-21(18,19)12-10(13-2)5-4-6-15-12/h4-6,9,13,16H,7-8H2,1-3H3,(H,14,17). The molecule has 0 radical (unpaired) electrons. The molecule has 0 aliphatic carbocycles. The van der Waals surface area contributed by atoms with Crippen LogP contribution in [0, 0.1) is 0 Å². The van der Waals surface area contributed by atoms with Crippen molar-refractivity contribution in [1.29, 1.82) is 0 Å². The predicted octanol–water partition coefficient (Wildman–Crippen LogP) is -0.447. The summed E-state index contributed by atoms with van der Waals surface area (Å²) in [5.74, 6) is -0.433. The van der Waals surface area contributed by atoms with Gasteiger partial charge < -0.3 is 15.4 Å². The molecule has 1 heterocycles. The van der Waals surface area contributed by atoms with Crippen LogP contribution in [0.15, 0.2) is 23.4 Å². The largest absolute Gasteiger partial charge is 0.386 e. The number of pyridine rings is 1. The second-order valence-electron chi connectivity index (χ2n) is 4.23. The number of methoxy groups -OCH3 is 1. The molecule has 0 aliphatic heterocycles. The van der Waals surface area contributed by atoms with E-state index in [0.717, 1.165) is 0 Å². The van der Waals surface area contributed by atoms with Crippen molar-refractivity contribution in [2.45, 2.75) is 18.0 Å². The van der Waals surface area contributed by atoms with Gasteiger partial charge in [-0.05, 0) is 19.1 Å². The Morgan fingerprint density at radius 3 is 2.81 bits per heavy atom. The molecule has 118 valence electrons. The Kier molecular flexibility index (Phi) is 6.53. The van der Waals surface area contributed by atoms with E-state index in [1.54, 1.807) is 19.2 Å². The monoisotopic (exact) mass is 316 g/mol. The molecule has 0 aliphatic rings. The van der Waals surface area contributed by atoms with Gasteiger partial charge in [0.05, 0.1) is 18.3 Å². The highest BCUT2D eigenvalue weighted by atomic mass is 32.2. The normalized spacial score (nSPS) is 12.7. The Labute approximate surface area is 124 Å². The Bertz CT molecular complexity index is 576. The summed E-state index contributed by atoms with van der Waals surface area (Å²) in [7, 11) is -0.787. The minimum absolute atomic E-state index is 0.149. The molecule has 8 nitrogen and oxygen atoms in total. The van der Waals surface area contributed by atoms with Crippen LogP contribution in [-0.2, 0) is 19.6 Å². The fraction of sp³-hybridized carbons (Fsp3) is 0.500. The van der Waals surface area contributed by atoms with Crippen molar-refractivity contribution in [1.82, 2.24) is 15.0 Å². The Balaban J connectivity index is 2.78. The first-order valence-corrected chi connectivity index (χ1v) is 7.82. The molecule has 1 aromatic rings. The average Bonchev–Trinajstić information content (AvgIpc) is 2.46. The molecule has 21 heavy (non-hydrogen) atoms. The predicted molar refractivity (Wildman–Crippen MR) is 78.5 cm³/mol. The number of anilines is 1. The molecule has 1 unspecified atom stereocenters. The number of aromatic nitrogens is 1. The van der Waals surface area contributed by atoms with E-state index in [-0.39, 0.29) is 5.03 Å². The van der Waals surface area contributed by atoms with Gasteiger partial charge in [-0.2, -0.15) is 4.72 Å². The molecule has 1 atom stereocenters. The second kappa shape index (κ2) is 7.91. The molecule has 0 spiro atoms. The van der Waals surface area contributed by atoms with Crippen molar-refractivity contribution in [2.75, 3.05) is 32.6 Å². The van der Waals surface area contributed by atoms with Gasteiger partial charge in [-0.15, -0.1) is 0 Å². The molecule has 0 aromatic carbocycles. The van der Waals surface area contributed by atoms with E-state index in [4.69, 9.17) is 4.74 Å². The van der Waals surface area contributed by atoms with Gasteiger partial charge in [0.15, 0.2) is 5.03 Å². The molecular weight excluding hydrogens is 296 g/mol. The first-order chi connectivity index (χ1) is 9.92. The lowest BCUT2D eigenvalue weighted by atomic mass is 10.3. The zero-order valence-corrected chi connectivity index (χ0v) is 13.0. The number of nitrogens with one attached hydrogen (secondary N) is 3. The van der Waals surface area contributed by atoms with Crippen molar-refractivity contribution in [3.05, 3.63) is 18.3 Å². The summed E-state index contributed by atoms with van der Waals surface area (Å²) in [6.45, 7) is 2.13. The summed E-state index contributed by atoms with van der Waals surface area (Å²) in [4.78, 5) is 15.6. The van der Waals surface area contributed by atoms with Gasteiger partial charge in [-0.1, -0.05) is 0 Å². The summed E-state index contributed by atoms with van der Waals surface area (Å²) in [6.07, 6.45) is 1.37. The van der Waals surface area contributed by atoms with Crippen LogP contribution in [0.4, 0.5) is 5.69 Å². The molecular formula is C12H20N4O4S. The Morgan fingerprint density at radius 1 is 1.48 bits per heavy atom. The van der Waals surface area contributed by atoms with Gasteiger partial charge in [-0.25, -0.2) is 13.4 Å². The zero-order chi connectivity index (χ0) is 15.9. The fourth-order valence-corrected chi connectivity index (χ4v) is 2.91. The third-order valence-electron chi connectivity index (χ3n) is 2.63. The lowest BCUT2D eigenvalue weighted by molar-refractivity contribution is -0.122. The van der Waals surface area contributed by atoms with E-state index in [1.165, 1.54) is 20.2 Å². The topological polar surface area (TPSA) is 109 Å². The Hall–Kier alpha value is -1.71. The van der Waals surface area contributed by atoms with Crippen LogP contribution in [-0.4, -0.2) is 52.7 Å². The zero-order valence-electron chi connectivity index (χ0n) is 12.2. The maximum atomic E-state index is 12.2. The smallest absolute Gasteiger partial charge is 0.260 e.